The Kier molecular flexibility index (Phi) is 5.57. The fraction of sp³-hybridized carbons (Fsp3) is 0.278. The lowest BCUT2D eigenvalue weighted by atomic mass is 10.0. The fourth-order valence-corrected chi connectivity index (χ4v) is 2.33. The van der Waals surface area contributed by atoms with Gasteiger partial charge in [-0.1, -0.05) is 53.2 Å². The molecule has 0 N–H and O–H groups in total. The minimum Gasteiger partial charge on any atom is -0.489 e. The second-order valence-corrected chi connectivity index (χ2v) is 6.10. The Morgan fingerprint density at radius 2 is 1.90 bits per heavy atom. The van der Waals surface area contributed by atoms with E-state index in [0.29, 0.717) is 6.61 Å². The molecule has 0 bridgehead atoms. The van der Waals surface area contributed by atoms with E-state index >= 15 is 0 Å². The molecule has 2 aromatic rings. The summed E-state index contributed by atoms with van der Waals surface area (Å²) < 4.78 is 5.82. The first-order valence-electron chi connectivity index (χ1n) is 7.07. The average Bonchev–Trinajstić information content (AvgIpc) is 2.53. The second-order valence-electron chi connectivity index (χ2n) is 4.99. The Hall–Kier alpha value is -1.61. The van der Waals surface area contributed by atoms with Crippen molar-refractivity contribution in [3.05, 3.63) is 65.2 Å². The molecule has 2 rings (SSSR count). The number of ketones is 1. The van der Waals surface area contributed by atoms with Crippen LogP contribution >= 0.6 is 15.9 Å². The molecular formula is C18H19BrO2. The number of benzene rings is 2. The van der Waals surface area contributed by atoms with E-state index in [1.807, 2.05) is 62.4 Å². The van der Waals surface area contributed by atoms with E-state index in [4.69, 9.17) is 4.74 Å². The molecule has 21 heavy (non-hydrogen) atoms. The summed E-state index contributed by atoms with van der Waals surface area (Å²) in [6, 6.07) is 15.6. The van der Waals surface area contributed by atoms with Gasteiger partial charge in [0.25, 0.3) is 0 Å². The van der Waals surface area contributed by atoms with Crippen LogP contribution in [0.5, 0.6) is 5.75 Å². The molecule has 0 aliphatic heterocycles. The van der Waals surface area contributed by atoms with E-state index in [1.54, 1.807) is 0 Å². The van der Waals surface area contributed by atoms with Crippen LogP contribution in [-0.2, 0) is 6.61 Å². The number of ether oxygens (including phenoxy) is 1. The highest BCUT2D eigenvalue weighted by molar-refractivity contribution is 9.10. The smallest absolute Gasteiger partial charge is 0.176 e. The number of rotatable bonds is 6. The van der Waals surface area contributed by atoms with Crippen molar-refractivity contribution in [2.75, 3.05) is 0 Å². The maximum atomic E-state index is 12.1. The number of carbonyl (C=O) groups is 1. The van der Waals surface area contributed by atoms with Gasteiger partial charge in [0.1, 0.15) is 12.4 Å². The number of hydrogen-bond acceptors (Lipinski definition) is 2. The van der Waals surface area contributed by atoms with Crippen LogP contribution in [-0.4, -0.2) is 10.6 Å². The number of alkyl halides is 1. The minimum absolute atomic E-state index is 0.118. The SMILES string of the molecule is CCC(Br)C(=O)c1ccc(OCc2ccccc2)c(C)c1. The lowest BCUT2D eigenvalue weighted by molar-refractivity contribution is 0.0990. The van der Waals surface area contributed by atoms with E-state index in [-0.39, 0.29) is 10.6 Å². The van der Waals surface area contributed by atoms with Gasteiger partial charge < -0.3 is 4.74 Å². The molecule has 0 saturated carbocycles. The Morgan fingerprint density at radius 1 is 1.19 bits per heavy atom. The molecule has 1 unspecified atom stereocenters. The zero-order valence-electron chi connectivity index (χ0n) is 12.3. The van der Waals surface area contributed by atoms with E-state index in [1.165, 1.54) is 0 Å². The highest BCUT2D eigenvalue weighted by Crippen LogP contribution is 2.22. The van der Waals surface area contributed by atoms with Crippen LogP contribution in [0.2, 0.25) is 0 Å². The summed E-state index contributed by atoms with van der Waals surface area (Å²) in [5, 5.41) is 0. The summed E-state index contributed by atoms with van der Waals surface area (Å²) in [5.41, 5.74) is 2.83. The van der Waals surface area contributed by atoms with E-state index in [9.17, 15) is 4.79 Å². The van der Waals surface area contributed by atoms with Gasteiger partial charge in [0, 0.05) is 5.56 Å². The summed E-state index contributed by atoms with van der Waals surface area (Å²) in [7, 11) is 0. The summed E-state index contributed by atoms with van der Waals surface area (Å²) in [6.07, 6.45) is 0.782. The van der Waals surface area contributed by atoms with Crippen molar-refractivity contribution in [3.63, 3.8) is 0 Å². The summed E-state index contributed by atoms with van der Waals surface area (Å²) in [5.74, 6) is 0.938. The molecular weight excluding hydrogens is 328 g/mol. The highest BCUT2D eigenvalue weighted by Gasteiger charge is 2.15. The van der Waals surface area contributed by atoms with Gasteiger partial charge in [0.15, 0.2) is 5.78 Å². The lowest BCUT2D eigenvalue weighted by Gasteiger charge is -2.12. The molecule has 0 aromatic heterocycles. The minimum atomic E-state index is -0.118. The van der Waals surface area contributed by atoms with Crippen LogP contribution in [0.25, 0.3) is 0 Å². The van der Waals surface area contributed by atoms with Crippen molar-refractivity contribution in [1.29, 1.82) is 0 Å². The van der Waals surface area contributed by atoms with Crippen molar-refractivity contribution < 1.29 is 9.53 Å². The van der Waals surface area contributed by atoms with Gasteiger partial charge in [-0.05, 0) is 42.7 Å². The van der Waals surface area contributed by atoms with Gasteiger partial charge in [0.2, 0.25) is 0 Å². The number of carbonyl (C=O) groups excluding carboxylic acids is 1. The molecule has 2 aromatic carbocycles. The number of Topliss-reactive ketones (excluding diaryl/α,β-unsaturated/α-hetero) is 1. The van der Waals surface area contributed by atoms with Crippen molar-refractivity contribution in [3.8, 4) is 5.75 Å². The predicted octanol–water partition coefficient (Wildman–Crippen LogP) is 4.93. The zero-order valence-corrected chi connectivity index (χ0v) is 13.9. The molecule has 0 fully saturated rings. The Balaban J connectivity index is 2.07. The largest absolute Gasteiger partial charge is 0.489 e. The Bertz CT molecular complexity index is 608. The fourth-order valence-electron chi connectivity index (χ4n) is 2.07. The summed E-state index contributed by atoms with van der Waals surface area (Å²) in [4.78, 5) is 12.0. The quantitative estimate of drug-likeness (QED) is 0.547. The first kappa shape index (κ1) is 15.8. The van der Waals surface area contributed by atoms with Crippen molar-refractivity contribution in [1.82, 2.24) is 0 Å². The van der Waals surface area contributed by atoms with Crippen LogP contribution in [0, 0.1) is 6.92 Å². The van der Waals surface area contributed by atoms with E-state index in [2.05, 4.69) is 15.9 Å². The highest BCUT2D eigenvalue weighted by atomic mass is 79.9. The van der Waals surface area contributed by atoms with Crippen molar-refractivity contribution in [2.45, 2.75) is 31.7 Å². The molecule has 0 saturated heterocycles. The monoisotopic (exact) mass is 346 g/mol. The van der Waals surface area contributed by atoms with Crippen LogP contribution < -0.4 is 4.74 Å². The topological polar surface area (TPSA) is 26.3 Å². The third-order valence-electron chi connectivity index (χ3n) is 3.34. The van der Waals surface area contributed by atoms with Gasteiger partial charge in [-0.25, -0.2) is 0 Å². The average molecular weight is 347 g/mol. The molecule has 0 amide bonds. The Morgan fingerprint density at radius 3 is 2.52 bits per heavy atom. The number of halogens is 1. The first-order valence-corrected chi connectivity index (χ1v) is 7.99. The van der Waals surface area contributed by atoms with Gasteiger partial charge in [0.05, 0.1) is 4.83 Å². The molecule has 0 radical (unpaired) electrons. The normalized spacial score (nSPS) is 12.0. The Labute approximate surface area is 134 Å². The van der Waals surface area contributed by atoms with Gasteiger partial charge in [-0.15, -0.1) is 0 Å². The van der Waals surface area contributed by atoms with E-state index < -0.39 is 0 Å². The summed E-state index contributed by atoms with van der Waals surface area (Å²) >= 11 is 3.40. The molecule has 0 aliphatic rings. The molecule has 110 valence electrons. The van der Waals surface area contributed by atoms with Gasteiger partial charge in [-0.3, -0.25) is 4.79 Å². The zero-order chi connectivity index (χ0) is 15.2. The molecule has 0 heterocycles. The third kappa shape index (κ3) is 4.18. The third-order valence-corrected chi connectivity index (χ3v) is 4.40. The lowest BCUT2D eigenvalue weighted by Crippen LogP contribution is -2.13. The summed E-state index contributed by atoms with van der Waals surface area (Å²) in [6.45, 7) is 4.48. The maximum absolute atomic E-state index is 12.1. The van der Waals surface area contributed by atoms with Crippen LogP contribution in [0.15, 0.2) is 48.5 Å². The number of aryl methyl sites for hydroxylation is 1. The molecule has 3 heteroatoms. The van der Waals surface area contributed by atoms with Crippen LogP contribution in [0.1, 0.15) is 34.8 Å². The van der Waals surface area contributed by atoms with Gasteiger partial charge in [-0.2, -0.15) is 0 Å². The molecule has 2 nitrogen and oxygen atoms in total. The van der Waals surface area contributed by atoms with Crippen molar-refractivity contribution >= 4 is 21.7 Å². The first-order chi connectivity index (χ1) is 10.1. The predicted molar refractivity (Wildman–Crippen MR) is 89.3 cm³/mol. The molecule has 0 spiro atoms. The second kappa shape index (κ2) is 7.41. The van der Waals surface area contributed by atoms with Crippen LogP contribution in [0.3, 0.4) is 0 Å². The molecule has 1 atom stereocenters. The van der Waals surface area contributed by atoms with Crippen LogP contribution in [0.4, 0.5) is 0 Å². The molecule has 0 aliphatic carbocycles. The van der Waals surface area contributed by atoms with E-state index in [0.717, 1.165) is 28.9 Å². The standard InChI is InChI=1S/C18H19BrO2/c1-3-16(19)18(20)15-9-10-17(13(2)11-15)21-12-14-7-5-4-6-8-14/h4-11,16H,3,12H2,1-2H3. The maximum Gasteiger partial charge on any atom is 0.176 e. The number of hydrogen-bond donors (Lipinski definition) is 0. The van der Waals surface area contributed by atoms with Gasteiger partial charge >= 0.3 is 0 Å². The van der Waals surface area contributed by atoms with Crippen molar-refractivity contribution in [2.24, 2.45) is 0 Å².